The van der Waals surface area contributed by atoms with E-state index >= 15 is 0 Å². The standard InChI is InChI=1S/C35H32N6O2/c1-22-28(3-2-4-32(22)41-33(20-42)29-12-9-25(23-5-6-23)17-26(29)19-38-41)34-30-18-31(39-35(30)37-21-36-34)24-7-10-27(11-8-24)40-13-15-43-16-14-40/h2-4,7-12,17-21,23,33H,5-6,13-16H2,1H3,(H,36,37,39). The first-order valence-corrected chi connectivity index (χ1v) is 15.0. The van der Waals surface area contributed by atoms with Gasteiger partial charge in [0.25, 0.3) is 0 Å². The van der Waals surface area contributed by atoms with Crippen molar-refractivity contribution in [1.82, 2.24) is 15.0 Å². The molecule has 8 rings (SSSR count). The zero-order valence-electron chi connectivity index (χ0n) is 24.0. The van der Waals surface area contributed by atoms with Crippen molar-refractivity contribution in [3.8, 4) is 22.5 Å². The van der Waals surface area contributed by atoms with Gasteiger partial charge in [-0.2, -0.15) is 5.10 Å². The molecule has 1 saturated heterocycles. The number of carbonyl (C=O) groups excluding carboxylic acids is 1. The van der Waals surface area contributed by atoms with Gasteiger partial charge in [0.05, 0.1) is 30.8 Å². The van der Waals surface area contributed by atoms with E-state index in [1.54, 1.807) is 6.33 Å². The van der Waals surface area contributed by atoms with E-state index in [9.17, 15) is 4.79 Å². The third kappa shape index (κ3) is 4.58. The molecule has 8 nitrogen and oxygen atoms in total. The molecule has 1 atom stereocenters. The summed E-state index contributed by atoms with van der Waals surface area (Å²) in [6, 6.07) is 22.8. The number of aromatic nitrogens is 3. The summed E-state index contributed by atoms with van der Waals surface area (Å²) < 4.78 is 5.50. The Kier molecular flexibility index (Phi) is 6.30. The second-order valence-electron chi connectivity index (χ2n) is 11.6. The van der Waals surface area contributed by atoms with Crippen LogP contribution >= 0.6 is 0 Å². The molecule has 2 aromatic heterocycles. The van der Waals surface area contributed by atoms with E-state index in [1.807, 2.05) is 23.4 Å². The number of hydrogen-bond acceptors (Lipinski definition) is 7. The Labute approximate surface area is 250 Å². The van der Waals surface area contributed by atoms with Crippen molar-refractivity contribution in [1.29, 1.82) is 0 Å². The molecule has 3 aliphatic rings. The minimum absolute atomic E-state index is 0.494. The fourth-order valence-corrected chi connectivity index (χ4v) is 6.43. The zero-order chi connectivity index (χ0) is 28.9. The van der Waals surface area contributed by atoms with Gasteiger partial charge in [0, 0.05) is 41.0 Å². The lowest BCUT2D eigenvalue weighted by atomic mass is 9.94. The molecular weight excluding hydrogens is 536 g/mol. The Morgan fingerprint density at radius 1 is 0.977 bits per heavy atom. The number of anilines is 2. The Hall–Kier alpha value is -4.82. The highest BCUT2D eigenvalue weighted by atomic mass is 16.5. The number of morpholine rings is 1. The summed E-state index contributed by atoms with van der Waals surface area (Å²) in [5, 5.41) is 7.57. The molecule has 3 aromatic carbocycles. The first-order chi connectivity index (χ1) is 21.2. The van der Waals surface area contributed by atoms with Crippen LogP contribution in [0.2, 0.25) is 0 Å². The smallest absolute Gasteiger partial charge is 0.149 e. The van der Waals surface area contributed by atoms with Crippen LogP contribution in [0.25, 0.3) is 33.5 Å². The SMILES string of the molecule is Cc1c(-c2ncnc3[nH]c(-c4ccc(N5CCOCC5)cc4)cc23)cccc1N1N=Cc2cc(C3CC3)ccc2C1C=O. The molecule has 0 spiro atoms. The minimum atomic E-state index is -0.494. The predicted molar refractivity (Wildman–Crippen MR) is 170 cm³/mol. The fourth-order valence-electron chi connectivity index (χ4n) is 6.43. The molecule has 2 fully saturated rings. The van der Waals surface area contributed by atoms with Crippen LogP contribution in [-0.4, -0.2) is 53.8 Å². The van der Waals surface area contributed by atoms with Crippen LogP contribution in [0.3, 0.4) is 0 Å². The molecule has 1 saturated carbocycles. The average molecular weight is 569 g/mol. The van der Waals surface area contributed by atoms with Crippen molar-refractivity contribution in [3.05, 3.63) is 95.3 Å². The summed E-state index contributed by atoms with van der Waals surface area (Å²) in [4.78, 5) is 27.6. The third-order valence-electron chi connectivity index (χ3n) is 8.98. The Bertz CT molecular complexity index is 1870. The highest BCUT2D eigenvalue weighted by molar-refractivity contribution is 5.96. The minimum Gasteiger partial charge on any atom is -0.378 e. The molecule has 0 amide bonds. The van der Waals surface area contributed by atoms with Crippen molar-refractivity contribution >= 4 is 34.9 Å². The van der Waals surface area contributed by atoms with E-state index in [1.165, 1.54) is 24.1 Å². The molecule has 5 aromatic rings. The van der Waals surface area contributed by atoms with Gasteiger partial charge in [-0.15, -0.1) is 0 Å². The van der Waals surface area contributed by atoms with Crippen LogP contribution in [0.4, 0.5) is 11.4 Å². The van der Waals surface area contributed by atoms with Crippen LogP contribution in [-0.2, 0) is 9.53 Å². The molecule has 1 unspecified atom stereocenters. The van der Waals surface area contributed by atoms with Crippen molar-refractivity contribution in [3.63, 3.8) is 0 Å². The van der Waals surface area contributed by atoms with E-state index in [0.717, 1.165) is 88.5 Å². The van der Waals surface area contributed by atoms with Crippen molar-refractivity contribution < 1.29 is 9.53 Å². The quantitative estimate of drug-likeness (QED) is 0.238. The molecule has 4 heterocycles. The van der Waals surface area contributed by atoms with Gasteiger partial charge in [0.2, 0.25) is 0 Å². The highest BCUT2D eigenvalue weighted by Crippen LogP contribution is 2.43. The van der Waals surface area contributed by atoms with Crippen LogP contribution < -0.4 is 9.91 Å². The Morgan fingerprint density at radius 2 is 1.81 bits per heavy atom. The number of fused-ring (bicyclic) bond motifs is 2. The molecule has 43 heavy (non-hydrogen) atoms. The number of benzene rings is 3. The normalized spacial score (nSPS) is 18.2. The molecular formula is C35H32N6O2. The number of nitrogens with one attached hydrogen (secondary N) is 1. The number of nitrogens with zero attached hydrogens (tertiary/aromatic N) is 5. The average Bonchev–Trinajstić information content (AvgIpc) is 3.82. The van der Waals surface area contributed by atoms with Gasteiger partial charge in [0.1, 0.15) is 24.3 Å². The Balaban J connectivity index is 1.13. The van der Waals surface area contributed by atoms with Crippen molar-refractivity contribution in [2.24, 2.45) is 5.10 Å². The number of carbonyl (C=O) groups is 1. The Morgan fingerprint density at radius 3 is 2.60 bits per heavy atom. The van der Waals surface area contributed by atoms with E-state index < -0.39 is 6.04 Å². The maximum Gasteiger partial charge on any atom is 0.149 e. The molecule has 0 bridgehead atoms. The summed E-state index contributed by atoms with van der Waals surface area (Å²) in [5.41, 5.74) is 11.1. The largest absolute Gasteiger partial charge is 0.378 e. The maximum atomic E-state index is 12.5. The molecule has 2 aliphatic heterocycles. The third-order valence-corrected chi connectivity index (χ3v) is 8.98. The topological polar surface area (TPSA) is 86.7 Å². The predicted octanol–water partition coefficient (Wildman–Crippen LogP) is 6.41. The number of ether oxygens (including phenoxy) is 1. The lowest BCUT2D eigenvalue weighted by Gasteiger charge is -2.31. The number of aldehydes is 1. The lowest BCUT2D eigenvalue weighted by molar-refractivity contribution is -0.109. The summed E-state index contributed by atoms with van der Waals surface area (Å²) in [5.74, 6) is 0.651. The first kappa shape index (κ1) is 25.9. The summed E-state index contributed by atoms with van der Waals surface area (Å²) in [7, 11) is 0. The molecule has 0 radical (unpaired) electrons. The number of rotatable bonds is 6. The second kappa shape index (κ2) is 10.5. The van der Waals surface area contributed by atoms with Gasteiger partial charge in [-0.25, -0.2) is 9.97 Å². The van der Waals surface area contributed by atoms with E-state index in [-0.39, 0.29) is 0 Å². The second-order valence-corrected chi connectivity index (χ2v) is 11.6. The van der Waals surface area contributed by atoms with Crippen LogP contribution in [0.15, 0.2) is 78.2 Å². The maximum absolute atomic E-state index is 12.5. The van der Waals surface area contributed by atoms with Gasteiger partial charge in [0.15, 0.2) is 0 Å². The summed E-state index contributed by atoms with van der Waals surface area (Å²) in [6.07, 6.45) is 6.96. The number of aromatic amines is 1. The van der Waals surface area contributed by atoms with Crippen LogP contribution in [0, 0.1) is 6.92 Å². The number of hydrogen-bond donors (Lipinski definition) is 1. The van der Waals surface area contributed by atoms with Crippen molar-refractivity contribution in [2.75, 3.05) is 36.2 Å². The van der Waals surface area contributed by atoms with Crippen LogP contribution in [0.5, 0.6) is 0 Å². The fraction of sp³-hybridized carbons (Fsp3) is 0.257. The summed E-state index contributed by atoms with van der Waals surface area (Å²) in [6.45, 7) is 5.42. The number of hydrazone groups is 1. The van der Waals surface area contributed by atoms with Gasteiger partial charge in [-0.1, -0.05) is 36.4 Å². The number of H-pyrrole nitrogens is 1. The lowest BCUT2D eigenvalue weighted by Crippen LogP contribution is -2.36. The molecule has 214 valence electrons. The van der Waals surface area contributed by atoms with E-state index in [0.29, 0.717) is 5.92 Å². The van der Waals surface area contributed by atoms with Gasteiger partial charge >= 0.3 is 0 Å². The molecule has 1 N–H and O–H groups in total. The van der Waals surface area contributed by atoms with E-state index in [4.69, 9.17) is 14.8 Å². The zero-order valence-corrected chi connectivity index (χ0v) is 24.0. The highest BCUT2D eigenvalue weighted by Gasteiger charge is 2.30. The first-order valence-electron chi connectivity index (χ1n) is 15.0. The van der Waals surface area contributed by atoms with Crippen molar-refractivity contribution in [2.45, 2.75) is 31.7 Å². The van der Waals surface area contributed by atoms with E-state index in [2.05, 4.69) is 76.4 Å². The van der Waals surface area contributed by atoms with Crippen LogP contribution in [0.1, 0.15) is 47.1 Å². The monoisotopic (exact) mass is 568 g/mol. The molecule has 8 heteroatoms. The molecule has 1 aliphatic carbocycles. The van der Waals surface area contributed by atoms with Gasteiger partial charge in [-0.05, 0) is 78.3 Å². The summed E-state index contributed by atoms with van der Waals surface area (Å²) >= 11 is 0. The van der Waals surface area contributed by atoms with Gasteiger partial charge < -0.3 is 19.4 Å². The van der Waals surface area contributed by atoms with Gasteiger partial charge in [-0.3, -0.25) is 5.01 Å².